The third-order valence-electron chi connectivity index (χ3n) is 3.99. The first-order valence-corrected chi connectivity index (χ1v) is 7.71. The van der Waals surface area contributed by atoms with E-state index in [0.29, 0.717) is 6.42 Å². The number of nitrogens with zero attached hydrogens (tertiary/aromatic N) is 1. The van der Waals surface area contributed by atoms with Gasteiger partial charge in [-0.25, -0.2) is 5.43 Å². The summed E-state index contributed by atoms with van der Waals surface area (Å²) >= 11 is 3.54. The zero-order valence-electron chi connectivity index (χ0n) is 11.4. The highest BCUT2D eigenvalue weighted by molar-refractivity contribution is 9.10. The van der Waals surface area contributed by atoms with Crippen molar-refractivity contribution in [1.82, 2.24) is 5.43 Å². The number of nitrogens with one attached hydrogen (secondary N) is 1. The number of hydrazone groups is 1. The Morgan fingerprint density at radius 2 is 2.25 bits per heavy atom. The van der Waals surface area contributed by atoms with E-state index in [1.807, 2.05) is 6.07 Å². The Morgan fingerprint density at radius 3 is 3.05 bits per heavy atom. The summed E-state index contributed by atoms with van der Waals surface area (Å²) in [5.74, 6) is 1.05. The first-order chi connectivity index (χ1) is 9.69. The van der Waals surface area contributed by atoms with Gasteiger partial charge in [0.2, 0.25) is 5.91 Å². The molecule has 1 aromatic carbocycles. The van der Waals surface area contributed by atoms with Crippen molar-refractivity contribution in [2.24, 2.45) is 11.0 Å². The van der Waals surface area contributed by atoms with Crippen LogP contribution in [0.1, 0.15) is 36.8 Å². The number of fused-ring (bicyclic) bond motifs is 3. The highest BCUT2D eigenvalue weighted by Crippen LogP contribution is 2.35. The number of ether oxygens (including phenoxy) is 1. The van der Waals surface area contributed by atoms with Crippen LogP contribution in [0, 0.1) is 5.92 Å². The van der Waals surface area contributed by atoms with Crippen LogP contribution in [-0.4, -0.2) is 18.7 Å². The van der Waals surface area contributed by atoms with Crippen LogP contribution in [0.2, 0.25) is 0 Å². The molecule has 0 spiro atoms. The van der Waals surface area contributed by atoms with Gasteiger partial charge >= 0.3 is 0 Å². The molecule has 0 saturated heterocycles. The van der Waals surface area contributed by atoms with Gasteiger partial charge in [0.25, 0.3) is 0 Å². The molecule has 3 rings (SSSR count). The van der Waals surface area contributed by atoms with Crippen LogP contribution in [0.5, 0.6) is 5.75 Å². The van der Waals surface area contributed by atoms with Crippen molar-refractivity contribution in [2.75, 3.05) is 7.11 Å². The number of hydrogen-bond donors (Lipinski definition) is 1. The highest BCUT2D eigenvalue weighted by atomic mass is 79.9. The van der Waals surface area contributed by atoms with E-state index in [9.17, 15) is 4.79 Å². The number of rotatable bonds is 1. The van der Waals surface area contributed by atoms with E-state index in [1.54, 1.807) is 7.11 Å². The molecule has 4 nitrogen and oxygen atoms in total. The van der Waals surface area contributed by atoms with Crippen LogP contribution in [0.25, 0.3) is 0 Å². The van der Waals surface area contributed by atoms with Crippen molar-refractivity contribution in [2.45, 2.75) is 32.1 Å². The first kappa shape index (κ1) is 13.6. The molecular formula is C15H17BrN2O2. The maximum absolute atomic E-state index is 11.6. The monoisotopic (exact) mass is 336 g/mol. The molecule has 2 aliphatic rings. The normalized spacial score (nSPS) is 21.8. The molecule has 1 unspecified atom stereocenters. The Bertz CT molecular complexity index is 583. The predicted octanol–water partition coefficient (Wildman–Crippen LogP) is 3.02. The van der Waals surface area contributed by atoms with Gasteiger partial charge in [-0.3, -0.25) is 4.79 Å². The lowest BCUT2D eigenvalue weighted by Crippen LogP contribution is -2.34. The second kappa shape index (κ2) is 5.56. The van der Waals surface area contributed by atoms with Crippen molar-refractivity contribution in [3.63, 3.8) is 0 Å². The van der Waals surface area contributed by atoms with E-state index >= 15 is 0 Å². The molecule has 0 fully saturated rings. The van der Waals surface area contributed by atoms with Crippen LogP contribution in [0.15, 0.2) is 21.7 Å². The first-order valence-electron chi connectivity index (χ1n) is 6.92. The van der Waals surface area contributed by atoms with Gasteiger partial charge in [-0.05, 0) is 37.0 Å². The molecule has 0 aromatic heterocycles. The summed E-state index contributed by atoms with van der Waals surface area (Å²) in [6.07, 6.45) is 4.83. The average Bonchev–Trinajstić information content (AvgIpc) is 2.41. The molecule has 106 valence electrons. The molecule has 1 amide bonds. The molecule has 0 radical (unpaired) electrons. The smallest absolute Gasteiger partial charge is 0.240 e. The molecule has 1 atom stereocenters. The quantitative estimate of drug-likeness (QED) is 0.856. The Kier molecular flexibility index (Phi) is 3.78. The fourth-order valence-corrected chi connectivity index (χ4v) is 3.55. The molecule has 5 heteroatoms. The number of hydrogen-bond acceptors (Lipinski definition) is 3. The lowest BCUT2D eigenvalue weighted by Gasteiger charge is -2.28. The Morgan fingerprint density at radius 1 is 1.40 bits per heavy atom. The number of carbonyl (C=O) groups is 1. The van der Waals surface area contributed by atoms with Gasteiger partial charge in [0, 0.05) is 22.4 Å². The summed E-state index contributed by atoms with van der Waals surface area (Å²) in [7, 11) is 1.68. The number of benzene rings is 1. The minimum absolute atomic E-state index is 0.0111. The number of aryl methyl sites for hydroxylation is 1. The molecule has 1 aliphatic carbocycles. The molecule has 20 heavy (non-hydrogen) atoms. The minimum atomic E-state index is 0.0111. The lowest BCUT2D eigenvalue weighted by molar-refractivity contribution is -0.122. The van der Waals surface area contributed by atoms with Crippen LogP contribution >= 0.6 is 15.9 Å². The van der Waals surface area contributed by atoms with Crippen LogP contribution < -0.4 is 10.2 Å². The van der Waals surface area contributed by atoms with Crippen molar-refractivity contribution in [1.29, 1.82) is 0 Å². The van der Waals surface area contributed by atoms with Crippen molar-refractivity contribution in [3.8, 4) is 5.75 Å². The number of halogens is 1. The minimum Gasteiger partial charge on any atom is -0.496 e. The number of carbonyl (C=O) groups excluding carboxylic acids is 1. The van der Waals surface area contributed by atoms with Gasteiger partial charge in [0.05, 0.1) is 12.8 Å². The van der Waals surface area contributed by atoms with E-state index in [4.69, 9.17) is 4.74 Å². The lowest BCUT2D eigenvalue weighted by atomic mass is 9.82. The second-order valence-electron chi connectivity index (χ2n) is 5.32. The molecular weight excluding hydrogens is 320 g/mol. The number of amides is 1. The van der Waals surface area contributed by atoms with Gasteiger partial charge in [-0.1, -0.05) is 22.4 Å². The van der Waals surface area contributed by atoms with Crippen LogP contribution in [0.3, 0.4) is 0 Å². The van der Waals surface area contributed by atoms with E-state index in [1.165, 1.54) is 5.56 Å². The maximum Gasteiger partial charge on any atom is 0.240 e. The van der Waals surface area contributed by atoms with E-state index in [2.05, 4.69) is 32.5 Å². The summed E-state index contributed by atoms with van der Waals surface area (Å²) in [5.41, 5.74) is 5.91. The van der Waals surface area contributed by atoms with Gasteiger partial charge in [0.1, 0.15) is 5.75 Å². The number of methoxy groups -OCH3 is 1. The maximum atomic E-state index is 11.6. The summed E-state index contributed by atoms with van der Waals surface area (Å²) in [6, 6.07) is 4.11. The zero-order chi connectivity index (χ0) is 14.1. The Labute approximate surface area is 126 Å². The van der Waals surface area contributed by atoms with Gasteiger partial charge in [-0.15, -0.1) is 0 Å². The summed E-state index contributed by atoms with van der Waals surface area (Å²) in [4.78, 5) is 11.6. The molecule has 0 bridgehead atoms. The SMILES string of the molecule is COc1cc(Br)cc2c1C1=NNC(=O)CC1CCCC2. The van der Waals surface area contributed by atoms with Crippen molar-refractivity contribution in [3.05, 3.63) is 27.7 Å². The van der Waals surface area contributed by atoms with Crippen molar-refractivity contribution >= 4 is 27.5 Å². The van der Waals surface area contributed by atoms with Gasteiger partial charge < -0.3 is 4.74 Å². The molecule has 1 heterocycles. The highest BCUT2D eigenvalue weighted by Gasteiger charge is 2.30. The third-order valence-corrected chi connectivity index (χ3v) is 4.45. The summed E-state index contributed by atoms with van der Waals surface area (Å²) in [6.45, 7) is 0. The molecule has 0 saturated carbocycles. The summed E-state index contributed by atoms with van der Waals surface area (Å²) in [5, 5.41) is 4.34. The largest absolute Gasteiger partial charge is 0.496 e. The van der Waals surface area contributed by atoms with E-state index in [0.717, 1.165) is 47.2 Å². The Hall–Kier alpha value is -1.36. The molecule has 1 N–H and O–H groups in total. The third kappa shape index (κ3) is 2.46. The Balaban J connectivity index is 2.17. The zero-order valence-corrected chi connectivity index (χ0v) is 13.0. The average molecular weight is 337 g/mol. The van der Waals surface area contributed by atoms with Gasteiger partial charge in [0.15, 0.2) is 0 Å². The second-order valence-corrected chi connectivity index (χ2v) is 6.24. The molecule has 1 aromatic rings. The van der Waals surface area contributed by atoms with Crippen LogP contribution in [-0.2, 0) is 11.2 Å². The standard InChI is InChI=1S/C15H17BrN2O2/c1-20-12-8-11(16)6-9-4-2-3-5-10-7-13(19)17-18-15(10)14(9)12/h6,8,10H,2-5,7H2,1H3,(H,17,19). The van der Waals surface area contributed by atoms with Crippen molar-refractivity contribution < 1.29 is 9.53 Å². The fraction of sp³-hybridized carbons (Fsp3) is 0.467. The fourth-order valence-electron chi connectivity index (χ4n) is 3.07. The van der Waals surface area contributed by atoms with E-state index in [-0.39, 0.29) is 11.8 Å². The summed E-state index contributed by atoms with van der Waals surface area (Å²) < 4.78 is 6.56. The topological polar surface area (TPSA) is 50.7 Å². The molecule has 1 aliphatic heterocycles. The van der Waals surface area contributed by atoms with Crippen LogP contribution in [0.4, 0.5) is 0 Å². The predicted molar refractivity (Wildman–Crippen MR) is 81.0 cm³/mol. The van der Waals surface area contributed by atoms with E-state index < -0.39 is 0 Å². The van der Waals surface area contributed by atoms with Gasteiger partial charge in [-0.2, -0.15) is 5.10 Å².